The Morgan fingerprint density at radius 3 is 2.59 bits per heavy atom. The standard InChI is InChI=1S/C20H25FN4O5S2/c1-2-30-20(27)25-11-9-15(10-12-25)22-18(26)8-5-16-13-31-19(23-16)24-32(28,29)17-6-3-14(21)4-7-17/h3-4,6-7,13,15H,2,5,8-12H2,1H3,(H,22,26)(H,23,24). The number of amides is 2. The molecule has 2 amide bonds. The minimum absolute atomic E-state index is 0.00157. The summed E-state index contributed by atoms with van der Waals surface area (Å²) in [5.41, 5.74) is 0.596. The number of thiazole rings is 1. The van der Waals surface area contributed by atoms with Crippen molar-refractivity contribution in [2.75, 3.05) is 24.4 Å². The van der Waals surface area contributed by atoms with Crippen molar-refractivity contribution in [2.45, 2.75) is 43.5 Å². The average molecular weight is 485 g/mol. The first-order chi connectivity index (χ1) is 15.3. The van der Waals surface area contributed by atoms with Gasteiger partial charge in [0.1, 0.15) is 5.82 Å². The molecule has 1 saturated heterocycles. The summed E-state index contributed by atoms with van der Waals surface area (Å²) in [5.74, 6) is -0.649. The van der Waals surface area contributed by atoms with Crippen LogP contribution in [0.15, 0.2) is 34.5 Å². The van der Waals surface area contributed by atoms with E-state index in [-0.39, 0.29) is 34.5 Å². The van der Waals surface area contributed by atoms with Crippen LogP contribution in [-0.4, -0.2) is 56.0 Å². The highest BCUT2D eigenvalue weighted by atomic mass is 32.2. The molecule has 0 unspecified atom stereocenters. The van der Waals surface area contributed by atoms with E-state index >= 15 is 0 Å². The van der Waals surface area contributed by atoms with Gasteiger partial charge in [-0.1, -0.05) is 0 Å². The smallest absolute Gasteiger partial charge is 0.409 e. The molecule has 12 heteroatoms. The molecule has 0 spiro atoms. The van der Waals surface area contributed by atoms with Gasteiger partial charge in [0.2, 0.25) is 5.91 Å². The number of anilines is 1. The molecule has 174 valence electrons. The number of benzene rings is 1. The minimum atomic E-state index is -3.87. The van der Waals surface area contributed by atoms with Crippen LogP contribution in [0.3, 0.4) is 0 Å². The molecule has 0 saturated carbocycles. The van der Waals surface area contributed by atoms with Gasteiger partial charge in [0.15, 0.2) is 5.13 Å². The Hall–Kier alpha value is -2.73. The van der Waals surface area contributed by atoms with E-state index in [4.69, 9.17) is 4.74 Å². The van der Waals surface area contributed by atoms with Crippen LogP contribution in [0.5, 0.6) is 0 Å². The normalized spacial score (nSPS) is 14.8. The molecule has 0 aliphatic carbocycles. The first-order valence-electron chi connectivity index (χ1n) is 10.2. The number of hydrogen-bond acceptors (Lipinski definition) is 7. The largest absolute Gasteiger partial charge is 0.450 e. The number of carbonyl (C=O) groups excluding carboxylic acids is 2. The molecule has 1 aromatic carbocycles. The molecular weight excluding hydrogens is 459 g/mol. The number of sulfonamides is 1. The predicted octanol–water partition coefficient (Wildman–Crippen LogP) is 2.75. The van der Waals surface area contributed by atoms with Crippen LogP contribution < -0.4 is 10.0 Å². The number of halogens is 1. The highest BCUT2D eigenvalue weighted by Crippen LogP contribution is 2.21. The van der Waals surface area contributed by atoms with E-state index in [1.807, 2.05) is 0 Å². The van der Waals surface area contributed by atoms with Crippen LogP contribution in [0.4, 0.5) is 14.3 Å². The highest BCUT2D eigenvalue weighted by Gasteiger charge is 2.24. The summed E-state index contributed by atoms with van der Waals surface area (Å²) in [4.78, 5) is 29.8. The minimum Gasteiger partial charge on any atom is -0.450 e. The van der Waals surface area contributed by atoms with Crippen LogP contribution in [-0.2, 0) is 26.0 Å². The number of aryl methyl sites for hydroxylation is 1. The SMILES string of the molecule is CCOC(=O)N1CCC(NC(=O)CCc2csc(NS(=O)(=O)c3ccc(F)cc3)n2)CC1. The number of ether oxygens (including phenoxy) is 1. The quantitative estimate of drug-likeness (QED) is 0.595. The van der Waals surface area contributed by atoms with Crippen molar-refractivity contribution in [1.82, 2.24) is 15.2 Å². The molecule has 0 atom stereocenters. The average Bonchev–Trinajstić information content (AvgIpc) is 3.20. The lowest BCUT2D eigenvalue weighted by molar-refractivity contribution is -0.122. The third kappa shape index (κ3) is 6.63. The molecule has 1 aliphatic heterocycles. The van der Waals surface area contributed by atoms with E-state index in [1.54, 1.807) is 17.2 Å². The second-order valence-electron chi connectivity index (χ2n) is 7.23. The van der Waals surface area contributed by atoms with Gasteiger partial charge < -0.3 is 15.0 Å². The fraction of sp³-hybridized carbons (Fsp3) is 0.450. The van der Waals surface area contributed by atoms with E-state index in [2.05, 4.69) is 15.0 Å². The lowest BCUT2D eigenvalue weighted by Crippen LogP contribution is -2.46. The second kappa shape index (κ2) is 10.7. The molecule has 1 fully saturated rings. The molecular formula is C20H25FN4O5S2. The molecule has 2 aromatic rings. The van der Waals surface area contributed by atoms with E-state index in [0.717, 1.165) is 23.5 Å². The Balaban J connectivity index is 1.43. The number of carbonyl (C=O) groups is 2. The monoisotopic (exact) mass is 484 g/mol. The molecule has 3 rings (SSSR count). The van der Waals surface area contributed by atoms with Crippen molar-refractivity contribution < 1.29 is 27.1 Å². The van der Waals surface area contributed by atoms with Crippen LogP contribution in [0.25, 0.3) is 0 Å². The topological polar surface area (TPSA) is 118 Å². The maximum atomic E-state index is 13.0. The van der Waals surface area contributed by atoms with Gasteiger partial charge in [-0.15, -0.1) is 11.3 Å². The number of likely N-dealkylation sites (tertiary alicyclic amines) is 1. The lowest BCUT2D eigenvalue weighted by Gasteiger charge is -2.31. The van der Waals surface area contributed by atoms with E-state index < -0.39 is 15.8 Å². The molecule has 2 heterocycles. The molecule has 32 heavy (non-hydrogen) atoms. The van der Waals surface area contributed by atoms with E-state index in [1.165, 1.54) is 12.1 Å². The zero-order chi connectivity index (χ0) is 23.1. The fourth-order valence-electron chi connectivity index (χ4n) is 3.22. The summed E-state index contributed by atoms with van der Waals surface area (Å²) in [5, 5.41) is 4.83. The predicted molar refractivity (Wildman–Crippen MR) is 117 cm³/mol. The van der Waals surface area contributed by atoms with Gasteiger partial charge in [-0.3, -0.25) is 9.52 Å². The lowest BCUT2D eigenvalue weighted by atomic mass is 10.1. The Morgan fingerprint density at radius 2 is 1.94 bits per heavy atom. The summed E-state index contributed by atoms with van der Waals surface area (Å²) < 4.78 is 45.0. The van der Waals surface area contributed by atoms with Crippen molar-refractivity contribution in [2.24, 2.45) is 0 Å². The number of nitrogens with one attached hydrogen (secondary N) is 2. The zero-order valence-corrected chi connectivity index (χ0v) is 19.2. The van der Waals surface area contributed by atoms with E-state index in [0.29, 0.717) is 44.7 Å². The van der Waals surface area contributed by atoms with Crippen molar-refractivity contribution >= 4 is 38.5 Å². The van der Waals surface area contributed by atoms with Crippen molar-refractivity contribution in [3.8, 4) is 0 Å². The number of nitrogens with zero attached hydrogens (tertiary/aromatic N) is 2. The Labute approximate surface area is 190 Å². The van der Waals surface area contributed by atoms with Crippen LogP contribution in [0, 0.1) is 5.82 Å². The first-order valence-corrected chi connectivity index (χ1v) is 12.6. The number of aromatic nitrogens is 1. The van der Waals surface area contributed by atoms with Gasteiger partial charge in [0.25, 0.3) is 10.0 Å². The highest BCUT2D eigenvalue weighted by molar-refractivity contribution is 7.93. The van der Waals surface area contributed by atoms with Gasteiger partial charge in [0.05, 0.1) is 17.2 Å². The van der Waals surface area contributed by atoms with Crippen molar-refractivity contribution in [3.63, 3.8) is 0 Å². The molecule has 0 bridgehead atoms. The number of piperidine rings is 1. The summed E-state index contributed by atoms with van der Waals surface area (Å²) in [6.45, 7) is 3.17. The van der Waals surface area contributed by atoms with Gasteiger partial charge >= 0.3 is 6.09 Å². The van der Waals surface area contributed by atoms with Gasteiger partial charge in [-0.25, -0.2) is 22.6 Å². The number of rotatable bonds is 8. The molecule has 1 aliphatic rings. The molecule has 9 nitrogen and oxygen atoms in total. The summed E-state index contributed by atoms with van der Waals surface area (Å²) in [6.07, 6.45) is 1.58. The second-order valence-corrected chi connectivity index (χ2v) is 9.77. The van der Waals surface area contributed by atoms with Gasteiger partial charge in [-0.05, 0) is 50.5 Å². The first kappa shape index (κ1) is 23.9. The van der Waals surface area contributed by atoms with Crippen molar-refractivity contribution in [3.05, 3.63) is 41.2 Å². The third-order valence-electron chi connectivity index (χ3n) is 4.89. The number of hydrogen-bond donors (Lipinski definition) is 2. The van der Waals surface area contributed by atoms with Crippen LogP contribution in [0.1, 0.15) is 31.9 Å². The summed E-state index contributed by atoms with van der Waals surface area (Å²) in [7, 11) is -3.87. The van der Waals surface area contributed by atoms with E-state index in [9.17, 15) is 22.4 Å². The Kier molecular flexibility index (Phi) is 8.02. The van der Waals surface area contributed by atoms with Crippen LogP contribution in [0.2, 0.25) is 0 Å². The maximum Gasteiger partial charge on any atom is 0.409 e. The van der Waals surface area contributed by atoms with Gasteiger partial charge in [-0.2, -0.15) is 0 Å². The Morgan fingerprint density at radius 1 is 1.25 bits per heavy atom. The molecule has 1 aromatic heterocycles. The molecule has 0 radical (unpaired) electrons. The fourth-order valence-corrected chi connectivity index (χ4v) is 5.22. The van der Waals surface area contributed by atoms with Crippen molar-refractivity contribution in [1.29, 1.82) is 0 Å². The van der Waals surface area contributed by atoms with Gasteiger partial charge in [0, 0.05) is 30.9 Å². The summed E-state index contributed by atoms with van der Waals surface area (Å²) >= 11 is 1.11. The third-order valence-corrected chi connectivity index (χ3v) is 7.18. The van der Waals surface area contributed by atoms with Crippen LogP contribution >= 0.6 is 11.3 Å². The summed E-state index contributed by atoms with van der Waals surface area (Å²) in [6, 6.07) is 4.49. The zero-order valence-electron chi connectivity index (χ0n) is 17.5. The maximum absolute atomic E-state index is 13.0. The molecule has 2 N–H and O–H groups in total. The Bertz CT molecular complexity index is 1030.